The highest BCUT2D eigenvalue weighted by Crippen LogP contribution is 2.16. The average Bonchev–Trinajstić information content (AvgIpc) is 2.91. The fraction of sp³-hybridized carbons (Fsp3) is 0.105. The first-order chi connectivity index (χ1) is 12.1. The Bertz CT molecular complexity index is 913. The molecule has 6 nitrogen and oxygen atoms in total. The van der Waals surface area contributed by atoms with Gasteiger partial charge in [-0.25, -0.2) is 9.48 Å². The summed E-state index contributed by atoms with van der Waals surface area (Å²) < 4.78 is 1.89. The van der Waals surface area contributed by atoms with E-state index in [4.69, 9.17) is 5.11 Å². The number of rotatable bonds is 5. The van der Waals surface area contributed by atoms with E-state index in [1.807, 2.05) is 48.9 Å². The summed E-state index contributed by atoms with van der Waals surface area (Å²) in [6, 6.07) is 16.3. The molecule has 25 heavy (non-hydrogen) atoms. The fourth-order valence-electron chi connectivity index (χ4n) is 2.52. The number of hydrazone groups is 1. The smallest absolute Gasteiger partial charge is 0.335 e. The Morgan fingerprint density at radius 2 is 1.80 bits per heavy atom. The van der Waals surface area contributed by atoms with Crippen LogP contribution in [0.15, 0.2) is 59.7 Å². The van der Waals surface area contributed by atoms with Crippen molar-refractivity contribution in [2.45, 2.75) is 13.8 Å². The molecule has 0 aliphatic heterocycles. The lowest BCUT2D eigenvalue weighted by atomic mass is 10.2. The van der Waals surface area contributed by atoms with Crippen molar-refractivity contribution in [1.29, 1.82) is 0 Å². The maximum Gasteiger partial charge on any atom is 0.335 e. The number of nitrogens with zero attached hydrogens (tertiary/aromatic N) is 3. The van der Waals surface area contributed by atoms with Crippen LogP contribution in [-0.4, -0.2) is 27.1 Å². The van der Waals surface area contributed by atoms with E-state index in [2.05, 4.69) is 15.6 Å². The molecule has 1 aromatic heterocycles. The quantitative estimate of drug-likeness (QED) is 0.551. The van der Waals surface area contributed by atoms with Gasteiger partial charge in [-0.05, 0) is 50.2 Å². The fourth-order valence-corrected chi connectivity index (χ4v) is 2.52. The van der Waals surface area contributed by atoms with Crippen LogP contribution in [0.25, 0.3) is 5.69 Å². The van der Waals surface area contributed by atoms with E-state index in [9.17, 15) is 4.79 Å². The first kappa shape index (κ1) is 16.4. The first-order valence-corrected chi connectivity index (χ1v) is 7.80. The largest absolute Gasteiger partial charge is 0.478 e. The molecule has 0 unspecified atom stereocenters. The normalized spacial score (nSPS) is 11.0. The molecule has 0 radical (unpaired) electrons. The molecule has 0 aliphatic carbocycles. The summed E-state index contributed by atoms with van der Waals surface area (Å²) in [6.07, 6.45) is 1.72. The molecule has 3 rings (SSSR count). The minimum atomic E-state index is -0.949. The lowest BCUT2D eigenvalue weighted by Gasteiger charge is -2.03. The summed E-state index contributed by atoms with van der Waals surface area (Å²) in [7, 11) is 0. The van der Waals surface area contributed by atoms with E-state index in [1.54, 1.807) is 18.3 Å². The number of nitrogens with one attached hydrogen (secondary N) is 1. The molecule has 0 atom stereocenters. The molecule has 0 aliphatic rings. The molecule has 0 bridgehead atoms. The highest BCUT2D eigenvalue weighted by Gasteiger charge is 2.10. The zero-order chi connectivity index (χ0) is 17.8. The van der Waals surface area contributed by atoms with E-state index >= 15 is 0 Å². The van der Waals surface area contributed by atoms with Gasteiger partial charge >= 0.3 is 5.97 Å². The van der Waals surface area contributed by atoms with Crippen molar-refractivity contribution >= 4 is 17.9 Å². The SMILES string of the molecule is Cc1nn(-c2ccccc2)c(C)c1C=NNc1ccc(C(=O)O)cc1. The maximum atomic E-state index is 10.8. The predicted molar refractivity (Wildman–Crippen MR) is 97.7 cm³/mol. The molecule has 0 fully saturated rings. The first-order valence-electron chi connectivity index (χ1n) is 7.80. The van der Waals surface area contributed by atoms with Crippen molar-refractivity contribution < 1.29 is 9.90 Å². The van der Waals surface area contributed by atoms with Gasteiger partial charge in [-0.1, -0.05) is 18.2 Å². The minimum absolute atomic E-state index is 0.241. The van der Waals surface area contributed by atoms with Gasteiger partial charge in [0, 0.05) is 5.56 Å². The van der Waals surface area contributed by atoms with Crippen molar-refractivity contribution in [1.82, 2.24) is 9.78 Å². The van der Waals surface area contributed by atoms with E-state index < -0.39 is 5.97 Å². The van der Waals surface area contributed by atoms with E-state index in [1.165, 1.54) is 12.1 Å². The molecule has 6 heteroatoms. The Morgan fingerprint density at radius 3 is 2.44 bits per heavy atom. The van der Waals surface area contributed by atoms with Gasteiger partial charge in [0.2, 0.25) is 0 Å². The van der Waals surface area contributed by atoms with E-state index in [0.717, 1.165) is 22.6 Å². The van der Waals surface area contributed by atoms with Crippen LogP contribution < -0.4 is 5.43 Å². The number of benzene rings is 2. The van der Waals surface area contributed by atoms with Crippen LogP contribution in [0.1, 0.15) is 27.3 Å². The number of aromatic carboxylic acids is 1. The number of aryl methyl sites for hydroxylation is 1. The van der Waals surface area contributed by atoms with Crippen LogP contribution in [0.5, 0.6) is 0 Å². The van der Waals surface area contributed by atoms with Crippen LogP contribution in [0, 0.1) is 13.8 Å². The number of para-hydroxylation sites is 1. The van der Waals surface area contributed by atoms with Gasteiger partial charge in [0.05, 0.1) is 34.5 Å². The molecular weight excluding hydrogens is 316 g/mol. The van der Waals surface area contributed by atoms with E-state index in [0.29, 0.717) is 5.69 Å². The van der Waals surface area contributed by atoms with Crippen molar-refractivity contribution in [3.05, 3.63) is 77.1 Å². The molecular formula is C19H18N4O2. The molecule has 0 saturated heterocycles. The van der Waals surface area contributed by atoms with Crippen molar-refractivity contribution in [3.63, 3.8) is 0 Å². The second kappa shape index (κ2) is 7.00. The van der Waals surface area contributed by atoms with Crippen LogP contribution in [0.3, 0.4) is 0 Å². The monoisotopic (exact) mass is 334 g/mol. The van der Waals surface area contributed by atoms with Crippen LogP contribution in [0.4, 0.5) is 5.69 Å². The number of aromatic nitrogens is 2. The summed E-state index contributed by atoms with van der Waals surface area (Å²) in [5, 5.41) is 17.7. The van der Waals surface area contributed by atoms with Gasteiger partial charge in [0.25, 0.3) is 0 Å². The van der Waals surface area contributed by atoms with Crippen molar-refractivity contribution in [2.24, 2.45) is 5.10 Å². The van der Waals surface area contributed by atoms with E-state index in [-0.39, 0.29) is 5.56 Å². The molecule has 0 amide bonds. The standard InChI is InChI=1S/C19H18N4O2/c1-13-18(14(2)23(22-13)17-6-4-3-5-7-17)12-20-21-16-10-8-15(9-11-16)19(24)25/h3-12,21H,1-2H3,(H,24,25). The van der Waals surface area contributed by atoms with Crippen molar-refractivity contribution in [3.8, 4) is 5.69 Å². The third kappa shape index (κ3) is 3.58. The lowest BCUT2D eigenvalue weighted by Crippen LogP contribution is -1.99. The van der Waals surface area contributed by atoms with Gasteiger partial charge in [-0.3, -0.25) is 5.43 Å². The van der Waals surface area contributed by atoms with Gasteiger partial charge in [-0.15, -0.1) is 0 Å². The Balaban J connectivity index is 1.78. The average molecular weight is 334 g/mol. The number of carboxylic acids is 1. The summed E-state index contributed by atoms with van der Waals surface area (Å²) in [6.45, 7) is 3.94. The minimum Gasteiger partial charge on any atom is -0.478 e. The highest BCUT2D eigenvalue weighted by molar-refractivity contribution is 5.88. The predicted octanol–water partition coefficient (Wildman–Crippen LogP) is 3.63. The summed E-state index contributed by atoms with van der Waals surface area (Å²) >= 11 is 0. The van der Waals surface area contributed by atoms with Crippen LogP contribution in [0.2, 0.25) is 0 Å². The maximum absolute atomic E-state index is 10.8. The van der Waals surface area contributed by atoms with Gasteiger partial charge in [0.15, 0.2) is 0 Å². The molecule has 126 valence electrons. The number of carbonyl (C=O) groups is 1. The molecule has 1 heterocycles. The van der Waals surface area contributed by atoms with Crippen LogP contribution >= 0.6 is 0 Å². The molecule has 0 spiro atoms. The molecule has 2 aromatic carbocycles. The van der Waals surface area contributed by atoms with Gasteiger partial charge in [0.1, 0.15) is 0 Å². The second-order valence-corrected chi connectivity index (χ2v) is 5.58. The molecule has 2 N–H and O–H groups in total. The summed E-state index contributed by atoms with van der Waals surface area (Å²) in [5.74, 6) is -0.949. The molecule has 0 saturated carbocycles. The number of carboxylic acid groups (broad SMARTS) is 1. The Labute approximate surface area is 145 Å². The number of hydrogen-bond acceptors (Lipinski definition) is 4. The lowest BCUT2D eigenvalue weighted by molar-refractivity contribution is 0.0697. The highest BCUT2D eigenvalue weighted by atomic mass is 16.4. The third-order valence-electron chi connectivity index (χ3n) is 3.87. The third-order valence-corrected chi connectivity index (χ3v) is 3.87. The zero-order valence-corrected chi connectivity index (χ0v) is 14.0. The Morgan fingerprint density at radius 1 is 1.12 bits per heavy atom. The summed E-state index contributed by atoms with van der Waals surface area (Å²) in [4.78, 5) is 10.8. The number of hydrogen-bond donors (Lipinski definition) is 2. The van der Waals surface area contributed by atoms with Gasteiger partial charge in [-0.2, -0.15) is 10.2 Å². The summed E-state index contributed by atoms with van der Waals surface area (Å²) in [5.41, 5.74) is 7.68. The van der Waals surface area contributed by atoms with Crippen molar-refractivity contribution in [2.75, 3.05) is 5.43 Å². The second-order valence-electron chi connectivity index (χ2n) is 5.58. The Hall–Kier alpha value is -3.41. The Kier molecular flexibility index (Phi) is 4.61. The number of anilines is 1. The van der Waals surface area contributed by atoms with Crippen LogP contribution in [-0.2, 0) is 0 Å². The zero-order valence-electron chi connectivity index (χ0n) is 14.0. The topological polar surface area (TPSA) is 79.5 Å². The molecule has 3 aromatic rings. The van der Waals surface area contributed by atoms with Gasteiger partial charge < -0.3 is 5.11 Å².